The minimum atomic E-state index is -0.445. The van der Waals surface area contributed by atoms with Gasteiger partial charge in [-0.2, -0.15) is 5.26 Å². The number of carbonyl (C=O) groups is 1. The largest absolute Gasteiger partial charge is 0.460 e. The molecule has 1 aliphatic carbocycles. The Morgan fingerprint density at radius 3 is 2.57 bits per heavy atom. The van der Waals surface area contributed by atoms with Crippen molar-refractivity contribution in [3.05, 3.63) is 0 Å². The molecule has 0 bridgehead atoms. The first-order valence-electron chi connectivity index (χ1n) is 5.06. The van der Waals surface area contributed by atoms with E-state index < -0.39 is 5.60 Å². The highest BCUT2D eigenvalue weighted by molar-refractivity contribution is 5.74. The van der Waals surface area contributed by atoms with Gasteiger partial charge in [0.1, 0.15) is 5.60 Å². The summed E-state index contributed by atoms with van der Waals surface area (Å²) >= 11 is 0. The fourth-order valence-electron chi connectivity index (χ4n) is 1.77. The zero-order valence-electron chi connectivity index (χ0n) is 9.04. The molecule has 0 heterocycles. The minimum absolute atomic E-state index is 0.134. The molecule has 1 aliphatic rings. The second-order valence-corrected chi connectivity index (χ2v) is 4.81. The number of carbonyl (C=O) groups excluding carboxylic acids is 1. The van der Waals surface area contributed by atoms with Crippen molar-refractivity contribution in [3.8, 4) is 6.07 Å². The minimum Gasteiger partial charge on any atom is -0.460 e. The highest BCUT2D eigenvalue weighted by Gasteiger charge is 2.35. The van der Waals surface area contributed by atoms with Gasteiger partial charge in [0.25, 0.3) is 0 Å². The quantitative estimate of drug-likeness (QED) is 0.603. The molecule has 0 aromatic carbocycles. The Morgan fingerprint density at radius 2 is 2.07 bits per heavy atom. The van der Waals surface area contributed by atoms with Crippen molar-refractivity contribution >= 4 is 5.97 Å². The van der Waals surface area contributed by atoms with Gasteiger partial charge in [-0.15, -0.1) is 0 Å². The number of rotatable bonds is 1. The molecule has 78 valence electrons. The number of ether oxygens (including phenoxy) is 1. The molecule has 0 spiro atoms. The number of nitriles is 1. The predicted molar refractivity (Wildman–Crippen MR) is 52.3 cm³/mol. The maximum Gasteiger partial charge on any atom is 0.310 e. The fraction of sp³-hybridized carbons (Fsp3) is 0.818. The van der Waals surface area contributed by atoms with Gasteiger partial charge in [0.05, 0.1) is 17.9 Å². The van der Waals surface area contributed by atoms with Crippen LogP contribution in [-0.2, 0) is 9.53 Å². The first kappa shape index (κ1) is 11.0. The standard InChI is InChI=1S/C11H17NO2/c1-11(2,3)14-10(13)9-6-4-5-8(9)7-12/h8-9H,4-6H2,1-3H3/t8-,9+/m0/s1. The number of hydrogen-bond acceptors (Lipinski definition) is 3. The first-order valence-corrected chi connectivity index (χ1v) is 5.06. The van der Waals surface area contributed by atoms with Crippen molar-refractivity contribution < 1.29 is 9.53 Å². The number of hydrogen-bond donors (Lipinski definition) is 0. The Balaban J connectivity index is 2.57. The lowest BCUT2D eigenvalue weighted by Crippen LogP contribution is -2.30. The van der Waals surface area contributed by atoms with Crippen LogP contribution < -0.4 is 0 Å². The zero-order valence-corrected chi connectivity index (χ0v) is 9.04. The molecule has 0 radical (unpaired) electrons. The van der Waals surface area contributed by atoms with Crippen molar-refractivity contribution in [3.63, 3.8) is 0 Å². The average Bonchev–Trinajstić information content (AvgIpc) is 2.47. The molecule has 0 amide bonds. The molecule has 0 N–H and O–H groups in total. The number of nitrogens with zero attached hydrogens (tertiary/aromatic N) is 1. The Bertz CT molecular complexity index is 259. The molecule has 0 aromatic heterocycles. The van der Waals surface area contributed by atoms with Crippen LogP contribution in [0.2, 0.25) is 0 Å². The van der Waals surface area contributed by atoms with Crippen molar-refractivity contribution in [2.24, 2.45) is 11.8 Å². The molecular weight excluding hydrogens is 178 g/mol. The molecule has 0 aromatic rings. The van der Waals surface area contributed by atoms with Crippen molar-refractivity contribution in [1.29, 1.82) is 5.26 Å². The summed E-state index contributed by atoms with van der Waals surface area (Å²) in [6, 6.07) is 2.18. The van der Waals surface area contributed by atoms with Gasteiger partial charge in [0.15, 0.2) is 0 Å². The summed E-state index contributed by atoms with van der Waals surface area (Å²) in [5, 5.41) is 8.83. The molecule has 1 rings (SSSR count). The van der Waals surface area contributed by atoms with E-state index in [-0.39, 0.29) is 17.8 Å². The topological polar surface area (TPSA) is 50.1 Å². The van der Waals surface area contributed by atoms with Crippen LogP contribution in [0.25, 0.3) is 0 Å². The SMILES string of the molecule is CC(C)(C)OC(=O)[C@@H]1CCC[C@H]1C#N. The molecule has 0 aliphatic heterocycles. The summed E-state index contributed by atoms with van der Waals surface area (Å²) in [6.07, 6.45) is 2.59. The maximum atomic E-state index is 11.7. The van der Waals surface area contributed by atoms with Crippen molar-refractivity contribution in [2.75, 3.05) is 0 Å². The molecule has 3 nitrogen and oxygen atoms in total. The van der Waals surface area contributed by atoms with E-state index >= 15 is 0 Å². The van der Waals surface area contributed by atoms with Crippen LogP contribution >= 0.6 is 0 Å². The molecule has 2 atom stereocenters. The van der Waals surface area contributed by atoms with Gasteiger partial charge in [-0.3, -0.25) is 4.79 Å². The summed E-state index contributed by atoms with van der Waals surface area (Å²) in [5.41, 5.74) is -0.445. The van der Waals surface area contributed by atoms with Gasteiger partial charge in [0.2, 0.25) is 0 Å². The zero-order chi connectivity index (χ0) is 10.8. The first-order chi connectivity index (χ1) is 6.44. The van der Waals surface area contributed by atoms with Gasteiger partial charge in [-0.1, -0.05) is 6.42 Å². The Hall–Kier alpha value is -1.04. The van der Waals surface area contributed by atoms with E-state index in [1.807, 2.05) is 20.8 Å². The average molecular weight is 195 g/mol. The third-order valence-corrected chi connectivity index (χ3v) is 2.39. The summed E-state index contributed by atoms with van der Waals surface area (Å²) in [4.78, 5) is 11.7. The molecule has 0 saturated heterocycles. The van der Waals surface area contributed by atoms with Gasteiger partial charge < -0.3 is 4.74 Å². The second kappa shape index (κ2) is 4.00. The van der Waals surface area contributed by atoms with Gasteiger partial charge >= 0.3 is 5.97 Å². The predicted octanol–water partition coefficient (Wildman–Crippen LogP) is 2.27. The molecule has 3 heteroatoms. The van der Waals surface area contributed by atoms with Crippen LogP contribution in [0.1, 0.15) is 40.0 Å². The van der Waals surface area contributed by atoms with Crippen LogP contribution in [-0.4, -0.2) is 11.6 Å². The van der Waals surface area contributed by atoms with E-state index in [1.165, 1.54) is 0 Å². The molecule has 0 unspecified atom stereocenters. The maximum absolute atomic E-state index is 11.7. The lowest BCUT2D eigenvalue weighted by Gasteiger charge is -2.22. The Labute approximate surface area is 85.1 Å². The monoisotopic (exact) mass is 195 g/mol. The second-order valence-electron chi connectivity index (χ2n) is 4.81. The van der Waals surface area contributed by atoms with E-state index in [0.717, 1.165) is 19.3 Å². The Morgan fingerprint density at radius 1 is 1.43 bits per heavy atom. The molecule has 14 heavy (non-hydrogen) atoms. The van der Waals surface area contributed by atoms with Gasteiger partial charge in [0, 0.05) is 0 Å². The lowest BCUT2D eigenvalue weighted by molar-refractivity contribution is -0.160. The van der Waals surface area contributed by atoms with Crippen LogP contribution in [0, 0.1) is 23.2 Å². The van der Waals surface area contributed by atoms with Gasteiger partial charge in [-0.05, 0) is 33.6 Å². The van der Waals surface area contributed by atoms with E-state index in [9.17, 15) is 4.79 Å². The van der Waals surface area contributed by atoms with Crippen LogP contribution in [0.5, 0.6) is 0 Å². The lowest BCUT2D eigenvalue weighted by atomic mass is 9.97. The highest BCUT2D eigenvalue weighted by atomic mass is 16.6. The van der Waals surface area contributed by atoms with Crippen LogP contribution in [0.15, 0.2) is 0 Å². The van der Waals surface area contributed by atoms with Crippen molar-refractivity contribution in [1.82, 2.24) is 0 Å². The number of esters is 1. The summed E-state index contributed by atoms with van der Waals surface area (Å²) in [5.74, 6) is -0.536. The van der Waals surface area contributed by atoms with E-state index in [1.54, 1.807) is 0 Å². The summed E-state index contributed by atoms with van der Waals surface area (Å²) in [7, 11) is 0. The summed E-state index contributed by atoms with van der Waals surface area (Å²) < 4.78 is 5.26. The highest BCUT2D eigenvalue weighted by Crippen LogP contribution is 2.32. The molecular formula is C11H17NO2. The van der Waals surface area contributed by atoms with E-state index in [2.05, 4.69) is 6.07 Å². The van der Waals surface area contributed by atoms with Crippen LogP contribution in [0.4, 0.5) is 0 Å². The van der Waals surface area contributed by atoms with Crippen molar-refractivity contribution in [2.45, 2.75) is 45.6 Å². The van der Waals surface area contributed by atoms with Gasteiger partial charge in [-0.25, -0.2) is 0 Å². The molecule has 1 saturated carbocycles. The fourth-order valence-corrected chi connectivity index (χ4v) is 1.77. The normalized spacial score (nSPS) is 27.0. The third kappa shape index (κ3) is 2.73. The summed E-state index contributed by atoms with van der Waals surface area (Å²) in [6.45, 7) is 5.55. The van der Waals surface area contributed by atoms with E-state index in [4.69, 9.17) is 10.00 Å². The van der Waals surface area contributed by atoms with E-state index in [0.29, 0.717) is 0 Å². The smallest absolute Gasteiger partial charge is 0.310 e. The van der Waals surface area contributed by atoms with Crippen LogP contribution in [0.3, 0.4) is 0 Å². The Kier molecular flexibility index (Phi) is 3.15. The third-order valence-electron chi connectivity index (χ3n) is 2.39. The molecule has 1 fully saturated rings.